The van der Waals surface area contributed by atoms with Gasteiger partial charge in [-0.2, -0.15) is 10.2 Å². The van der Waals surface area contributed by atoms with Gasteiger partial charge < -0.3 is 11.5 Å². The second-order valence-corrected chi connectivity index (χ2v) is 5.43. The van der Waals surface area contributed by atoms with Crippen LogP contribution in [0.25, 0.3) is 0 Å². The Hall–Kier alpha value is -4.81. The van der Waals surface area contributed by atoms with Gasteiger partial charge in [0.25, 0.3) is 11.8 Å². The van der Waals surface area contributed by atoms with E-state index in [2.05, 4.69) is 46.0 Å². The number of hydrogen-bond donors (Lipinski definition) is 4. The van der Waals surface area contributed by atoms with Gasteiger partial charge in [-0.05, 0) is 24.3 Å². The first-order chi connectivity index (χ1) is 14.5. The summed E-state index contributed by atoms with van der Waals surface area (Å²) in [5.74, 6) is -1.27. The van der Waals surface area contributed by atoms with Crippen LogP contribution in [0.1, 0.15) is 32.6 Å². The molecule has 3 aromatic heterocycles. The average molecular weight is 405 g/mol. The number of nitrogens with zero attached hydrogens (tertiary/aromatic N) is 7. The summed E-state index contributed by atoms with van der Waals surface area (Å²) in [5, 5.41) is 7.43. The van der Waals surface area contributed by atoms with Gasteiger partial charge in [-0.25, -0.2) is 35.8 Å². The van der Waals surface area contributed by atoms with Crippen LogP contribution < -0.4 is 22.3 Å². The Bertz CT molecular complexity index is 1020. The molecule has 30 heavy (non-hydrogen) atoms. The number of rotatable bonds is 6. The van der Waals surface area contributed by atoms with E-state index in [0.717, 1.165) is 0 Å². The van der Waals surface area contributed by atoms with Crippen molar-refractivity contribution in [1.82, 2.24) is 35.8 Å². The predicted octanol–water partition coefficient (Wildman–Crippen LogP) is -1.24. The van der Waals surface area contributed by atoms with Crippen LogP contribution in [0.4, 0.5) is 0 Å². The number of pyridine rings is 1. The summed E-state index contributed by atoms with van der Waals surface area (Å²) in [6.07, 6.45) is 5.93. The topological polar surface area (TPSA) is 199 Å². The maximum absolute atomic E-state index is 12.2. The SMILES string of the molecule is N/C(=N\NC(=O)c1cccc(C(=O)N/N=C(\N)c2ncccn2)n1)c1ncccn1. The Kier molecular flexibility index (Phi) is 6.25. The molecule has 0 aliphatic heterocycles. The minimum atomic E-state index is -0.691. The molecule has 0 aromatic carbocycles. The monoisotopic (exact) mass is 405 g/mol. The number of carbonyl (C=O) groups is 2. The fourth-order valence-corrected chi connectivity index (χ4v) is 1.99. The molecule has 3 heterocycles. The third-order valence-electron chi connectivity index (χ3n) is 3.36. The Morgan fingerprint density at radius 2 is 1.10 bits per heavy atom. The molecular formula is C17H15N11O2. The molecule has 13 nitrogen and oxygen atoms in total. The first-order valence-corrected chi connectivity index (χ1v) is 8.33. The van der Waals surface area contributed by atoms with E-state index in [1.165, 1.54) is 43.0 Å². The van der Waals surface area contributed by atoms with Crippen molar-refractivity contribution in [3.63, 3.8) is 0 Å². The van der Waals surface area contributed by atoms with Crippen molar-refractivity contribution in [2.75, 3.05) is 0 Å². The molecule has 2 amide bonds. The van der Waals surface area contributed by atoms with E-state index in [-0.39, 0.29) is 34.7 Å². The van der Waals surface area contributed by atoms with Gasteiger partial charge in [0.2, 0.25) is 0 Å². The zero-order valence-corrected chi connectivity index (χ0v) is 15.3. The zero-order chi connectivity index (χ0) is 21.3. The molecular weight excluding hydrogens is 390 g/mol. The van der Waals surface area contributed by atoms with Gasteiger partial charge in [0, 0.05) is 24.8 Å². The van der Waals surface area contributed by atoms with Gasteiger partial charge in [0.15, 0.2) is 23.3 Å². The van der Waals surface area contributed by atoms with Crippen LogP contribution >= 0.6 is 0 Å². The molecule has 0 saturated carbocycles. The Balaban J connectivity index is 1.66. The number of nitrogens with one attached hydrogen (secondary N) is 2. The molecule has 0 aliphatic rings. The molecule has 0 fully saturated rings. The maximum Gasteiger partial charge on any atom is 0.290 e. The molecule has 3 rings (SSSR count). The van der Waals surface area contributed by atoms with Gasteiger partial charge in [0.05, 0.1) is 0 Å². The molecule has 0 bridgehead atoms. The number of aromatic nitrogens is 5. The lowest BCUT2D eigenvalue weighted by atomic mass is 10.3. The third-order valence-corrected chi connectivity index (χ3v) is 3.36. The van der Waals surface area contributed by atoms with Crippen molar-refractivity contribution in [3.8, 4) is 0 Å². The van der Waals surface area contributed by atoms with Crippen LogP contribution in [0.2, 0.25) is 0 Å². The standard InChI is InChI=1S/C17H15N11O2/c18-12(14-20-6-2-7-21-14)25-27-16(29)10-4-1-5-11(24-10)17(30)28-26-13(19)15-22-8-3-9-23-15/h1-9H,(H2,18,25)(H2,19,26)(H,27,29)(H,28,30). The minimum Gasteiger partial charge on any atom is -0.379 e. The van der Waals surface area contributed by atoms with Crippen molar-refractivity contribution in [3.05, 3.63) is 78.2 Å². The lowest BCUT2D eigenvalue weighted by molar-refractivity contribution is 0.0945. The maximum atomic E-state index is 12.2. The molecule has 3 aromatic rings. The van der Waals surface area contributed by atoms with E-state index in [4.69, 9.17) is 11.5 Å². The van der Waals surface area contributed by atoms with Crippen LogP contribution in [-0.2, 0) is 0 Å². The normalized spacial score (nSPS) is 11.6. The van der Waals surface area contributed by atoms with E-state index in [1.54, 1.807) is 12.1 Å². The fourth-order valence-electron chi connectivity index (χ4n) is 1.99. The van der Waals surface area contributed by atoms with E-state index >= 15 is 0 Å². The summed E-state index contributed by atoms with van der Waals surface area (Å²) in [7, 11) is 0. The number of hydrazone groups is 2. The zero-order valence-electron chi connectivity index (χ0n) is 15.3. The Labute approximate surface area is 169 Å². The van der Waals surface area contributed by atoms with Crippen molar-refractivity contribution >= 4 is 23.5 Å². The van der Waals surface area contributed by atoms with Gasteiger partial charge >= 0.3 is 0 Å². The highest BCUT2D eigenvalue weighted by molar-refractivity contribution is 5.99. The van der Waals surface area contributed by atoms with Crippen LogP contribution in [0.15, 0.2) is 65.3 Å². The van der Waals surface area contributed by atoms with Crippen molar-refractivity contribution < 1.29 is 9.59 Å². The summed E-state index contributed by atoms with van der Waals surface area (Å²) in [6, 6.07) is 7.48. The average Bonchev–Trinajstić information content (AvgIpc) is 2.81. The highest BCUT2D eigenvalue weighted by Gasteiger charge is 2.13. The number of carbonyl (C=O) groups excluding carboxylic acids is 2. The van der Waals surface area contributed by atoms with Crippen molar-refractivity contribution in [2.45, 2.75) is 0 Å². The molecule has 0 aliphatic carbocycles. The van der Waals surface area contributed by atoms with Crippen LogP contribution in [0, 0.1) is 0 Å². The van der Waals surface area contributed by atoms with Gasteiger partial charge in [-0.15, -0.1) is 0 Å². The molecule has 0 unspecified atom stereocenters. The van der Waals surface area contributed by atoms with Crippen molar-refractivity contribution in [2.24, 2.45) is 21.7 Å². The first kappa shape index (κ1) is 19.9. The summed E-state index contributed by atoms with van der Waals surface area (Å²) in [5.41, 5.74) is 15.7. The smallest absolute Gasteiger partial charge is 0.290 e. The fraction of sp³-hybridized carbons (Fsp3) is 0. The highest BCUT2D eigenvalue weighted by atomic mass is 16.2. The highest BCUT2D eigenvalue weighted by Crippen LogP contribution is 2.00. The number of hydrogen-bond acceptors (Lipinski definition) is 9. The van der Waals surface area contributed by atoms with Gasteiger partial charge in [-0.1, -0.05) is 6.07 Å². The Morgan fingerprint density at radius 3 is 1.50 bits per heavy atom. The molecule has 0 spiro atoms. The lowest BCUT2D eigenvalue weighted by Crippen LogP contribution is -2.28. The first-order valence-electron chi connectivity index (χ1n) is 8.33. The van der Waals surface area contributed by atoms with Crippen molar-refractivity contribution in [1.29, 1.82) is 0 Å². The van der Waals surface area contributed by atoms with Gasteiger partial charge in [0.1, 0.15) is 11.4 Å². The summed E-state index contributed by atoms with van der Waals surface area (Å²) >= 11 is 0. The van der Waals surface area contributed by atoms with Crippen LogP contribution in [0.3, 0.4) is 0 Å². The predicted molar refractivity (Wildman–Crippen MR) is 105 cm³/mol. The van der Waals surface area contributed by atoms with Gasteiger partial charge in [-0.3, -0.25) is 9.59 Å². The van der Waals surface area contributed by atoms with E-state index < -0.39 is 11.8 Å². The van der Waals surface area contributed by atoms with Crippen LogP contribution in [0.5, 0.6) is 0 Å². The van der Waals surface area contributed by atoms with E-state index in [1.807, 2.05) is 0 Å². The molecule has 13 heteroatoms. The second kappa shape index (κ2) is 9.41. The minimum absolute atomic E-state index is 0.0727. The molecule has 150 valence electrons. The molecule has 6 N–H and O–H groups in total. The number of nitrogens with two attached hydrogens (primary N) is 2. The Morgan fingerprint density at radius 1 is 0.700 bits per heavy atom. The number of amidine groups is 2. The molecule has 0 saturated heterocycles. The number of amides is 2. The van der Waals surface area contributed by atoms with Crippen LogP contribution in [-0.4, -0.2) is 48.4 Å². The molecule has 0 radical (unpaired) electrons. The van der Waals surface area contributed by atoms with E-state index in [9.17, 15) is 9.59 Å². The van der Waals surface area contributed by atoms with E-state index in [0.29, 0.717) is 0 Å². The summed E-state index contributed by atoms with van der Waals surface area (Å²) < 4.78 is 0. The second-order valence-electron chi connectivity index (χ2n) is 5.43. The quantitative estimate of drug-likeness (QED) is 0.220. The third kappa shape index (κ3) is 5.13. The summed E-state index contributed by atoms with van der Waals surface area (Å²) in [4.78, 5) is 44.1. The molecule has 0 atom stereocenters. The lowest BCUT2D eigenvalue weighted by Gasteiger charge is -2.04. The summed E-state index contributed by atoms with van der Waals surface area (Å²) in [6.45, 7) is 0. The largest absolute Gasteiger partial charge is 0.379 e.